The van der Waals surface area contributed by atoms with Crippen LogP contribution in [-0.4, -0.2) is 15.8 Å². The van der Waals surface area contributed by atoms with E-state index in [1.807, 2.05) is 5.38 Å². The number of benzene rings is 2. The fraction of sp³-hybridized carbons (Fsp3) is 0.182. The summed E-state index contributed by atoms with van der Waals surface area (Å²) < 4.78 is 0. The van der Waals surface area contributed by atoms with Crippen molar-refractivity contribution in [2.24, 2.45) is 0 Å². The summed E-state index contributed by atoms with van der Waals surface area (Å²) >= 11 is 1.36. The van der Waals surface area contributed by atoms with Crippen LogP contribution in [-0.2, 0) is 4.79 Å². The van der Waals surface area contributed by atoms with Gasteiger partial charge in [-0.3, -0.25) is 20.2 Å². The zero-order chi connectivity index (χ0) is 20.8. The van der Waals surface area contributed by atoms with Gasteiger partial charge in [0.15, 0.2) is 5.13 Å². The molecule has 148 valence electrons. The van der Waals surface area contributed by atoms with Crippen LogP contribution >= 0.6 is 11.3 Å². The Balaban J connectivity index is 1.62. The van der Waals surface area contributed by atoms with Crippen molar-refractivity contribution in [1.82, 2.24) is 4.98 Å². The van der Waals surface area contributed by atoms with E-state index in [1.165, 1.54) is 35.1 Å². The number of carbonyl (C=O) groups excluding carboxylic acids is 1. The number of nitro benzene ring substituents is 1. The van der Waals surface area contributed by atoms with E-state index in [2.05, 4.69) is 48.4 Å². The molecular weight excluding hydrogens is 386 g/mol. The largest absolute Gasteiger partial charge is 0.298 e. The second-order valence-corrected chi connectivity index (χ2v) is 7.50. The van der Waals surface area contributed by atoms with Crippen LogP contribution in [0.4, 0.5) is 10.8 Å². The van der Waals surface area contributed by atoms with Crippen molar-refractivity contribution in [2.75, 3.05) is 5.32 Å². The van der Waals surface area contributed by atoms with Gasteiger partial charge in [0.2, 0.25) is 5.91 Å². The molecule has 1 N–H and O–H groups in total. The van der Waals surface area contributed by atoms with Gasteiger partial charge in [-0.05, 0) is 41.7 Å². The lowest BCUT2D eigenvalue weighted by Crippen LogP contribution is -2.07. The van der Waals surface area contributed by atoms with Gasteiger partial charge < -0.3 is 0 Å². The summed E-state index contributed by atoms with van der Waals surface area (Å²) in [5.41, 5.74) is 3.85. The molecule has 0 spiro atoms. The molecule has 29 heavy (non-hydrogen) atoms. The van der Waals surface area contributed by atoms with E-state index in [1.54, 1.807) is 18.2 Å². The Hall–Kier alpha value is -3.32. The zero-order valence-corrected chi connectivity index (χ0v) is 17.0. The molecule has 0 saturated carbocycles. The van der Waals surface area contributed by atoms with Crippen LogP contribution in [0.5, 0.6) is 0 Å². The molecule has 0 bridgehead atoms. The lowest BCUT2D eigenvalue weighted by molar-refractivity contribution is -0.384. The SMILES string of the molecule is CCC(C)c1ccc(-c2csc(NC(=O)/C=C/c3ccc([N+](=O)[O-])cc3)n2)cc1. The second kappa shape index (κ2) is 9.25. The van der Waals surface area contributed by atoms with Gasteiger partial charge in [0.25, 0.3) is 5.69 Å². The molecule has 7 heteroatoms. The van der Waals surface area contributed by atoms with Gasteiger partial charge in [-0.25, -0.2) is 4.98 Å². The van der Waals surface area contributed by atoms with E-state index in [9.17, 15) is 14.9 Å². The molecule has 2 aromatic carbocycles. The molecule has 0 aliphatic carbocycles. The average Bonchev–Trinajstić information content (AvgIpc) is 3.20. The number of thiazole rings is 1. The summed E-state index contributed by atoms with van der Waals surface area (Å²) in [4.78, 5) is 26.8. The van der Waals surface area contributed by atoms with E-state index in [0.717, 1.165) is 17.7 Å². The molecule has 0 aliphatic rings. The summed E-state index contributed by atoms with van der Waals surface area (Å²) in [6.45, 7) is 4.37. The molecule has 1 heterocycles. The fourth-order valence-corrected chi connectivity index (χ4v) is 3.43. The van der Waals surface area contributed by atoms with E-state index >= 15 is 0 Å². The lowest BCUT2D eigenvalue weighted by atomic mass is 9.97. The van der Waals surface area contributed by atoms with Gasteiger partial charge in [0, 0.05) is 29.2 Å². The van der Waals surface area contributed by atoms with E-state index in [0.29, 0.717) is 16.6 Å². The standard InChI is InChI=1S/C22H21N3O3S/c1-3-15(2)17-7-9-18(10-8-17)20-14-29-22(23-20)24-21(26)13-6-16-4-11-19(12-5-16)25(27)28/h4-15H,3H2,1-2H3,(H,23,24,26)/b13-6+. The van der Waals surface area contributed by atoms with Crippen molar-refractivity contribution in [3.05, 3.63) is 81.2 Å². The summed E-state index contributed by atoms with van der Waals surface area (Å²) in [6, 6.07) is 14.3. The zero-order valence-electron chi connectivity index (χ0n) is 16.2. The Morgan fingerprint density at radius 2 is 1.90 bits per heavy atom. The van der Waals surface area contributed by atoms with Crippen molar-refractivity contribution in [2.45, 2.75) is 26.2 Å². The van der Waals surface area contributed by atoms with Crippen LogP contribution in [0.15, 0.2) is 60.0 Å². The minimum atomic E-state index is -0.460. The van der Waals surface area contributed by atoms with Gasteiger partial charge in [-0.2, -0.15) is 0 Å². The van der Waals surface area contributed by atoms with Crippen molar-refractivity contribution in [3.63, 3.8) is 0 Å². The number of aromatic nitrogens is 1. The van der Waals surface area contributed by atoms with Crippen molar-refractivity contribution >= 4 is 34.1 Å². The maximum absolute atomic E-state index is 12.1. The highest BCUT2D eigenvalue weighted by atomic mass is 32.1. The Morgan fingerprint density at radius 1 is 1.21 bits per heavy atom. The number of non-ortho nitro benzene ring substituents is 1. The van der Waals surface area contributed by atoms with Crippen molar-refractivity contribution in [3.8, 4) is 11.3 Å². The average molecular weight is 407 g/mol. The van der Waals surface area contributed by atoms with Crippen LogP contribution in [0.3, 0.4) is 0 Å². The number of anilines is 1. The van der Waals surface area contributed by atoms with Crippen LogP contribution in [0.25, 0.3) is 17.3 Å². The topological polar surface area (TPSA) is 85.1 Å². The van der Waals surface area contributed by atoms with Gasteiger partial charge in [0.1, 0.15) is 0 Å². The van der Waals surface area contributed by atoms with Crippen LogP contribution in [0.1, 0.15) is 37.3 Å². The molecule has 0 saturated heterocycles. The Morgan fingerprint density at radius 3 is 2.52 bits per heavy atom. The molecule has 1 atom stereocenters. The molecule has 3 rings (SSSR count). The Bertz CT molecular complexity index is 1020. The number of carbonyl (C=O) groups is 1. The lowest BCUT2D eigenvalue weighted by Gasteiger charge is -2.08. The molecule has 6 nitrogen and oxygen atoms in total. The van der Waals surface area contributed by atoms with Crippen molar-refractivity contribution < 1.29 is 9.72 Å². The van der Waals surface area contributed by atoms with Gasteiger partial charge in [-0.15, -0.1) is 11.3 Å². The maximum atomic E-state index is 12.1. The predicted molar refractivity (Wildman–Crippen MR) is 117 cm³/mol. The van der Waals surface area contributed by atoms with Crippen LogP contribution < -0.4 is 5.32 Å². The number of nitrogens with zero attached hydrogens (tertiary/aromatic N) is 2. The summed E-state index contributed by atoms with van der Waals surface area (Å²) in [5.74, 6) is 0.216. The fourth-order valence-electron chi connectivity index (χ4n) is 2.71. The normalized spacial score (nSPS) is 12.1. The van der Waals surface area contributed by atoms with Gasteiger partial charge >= 0.3 is 0 Å². The Labute approximate surface area is 173 Å². The van der Waals surface area contributed by atoms with E-state index < -0.39 is 4.92 Å². The van der Waals surface area contributed by atoms with Gasteiger partial charge in [-0.1, -0.05) is 38.1 Å². The quantitative estimate of drug-likeness (QED) is 0.301. The highest BCUT2D eigenvalue weighted by Gasteiger charge is 2.08. The molecule has 0 aliphatic heterocycles. The third kappa shape index (κ3) is 5.36. The molecule has 1 amide bonds. The number of amides is 1. The molecule has 3 aromatic rings. The molecule has 0 fully saturated rings. The predicted octanol–water partition coefficient (Wildman–Crippen LogP) is 5.88. The first kappa shape index (κ1) is 20.4. The van der Waals surface area contributed by atoms with Crippen LogP contribution in [0, 0.1) is 10.1 Å². The second-order valence-electron chi connectivity index (χ2n) is 6.64. The first-order valence-electron chi connectivity index (χ1n) is 9.25. The number of hydrogen-bond donors (Lipinski definition) is 1. The first-order valence-corrected chi connectivity index (χ1v) is 10.1. The third-order valence-electron chi connectivity index (χ3n) is 4.65. The summed E-state index contributed by atoms with van der Waals surface area (Å²) in [7, 11) is 0. The number of nitrogens with one attached hydrogen (secondary N) is 1. The molecule has 1 unspecified atom stereocenters. The van der Waals surface area contributed by atoms with Crippen LogP contribution in [0.2, 0.25) is 0 Å². The molecule has 0 radical (unpaired) electrons. The number of hydrogen-bond acceptors (Lipinski definition) is 5. The first-order chi connectivity index (χ1) is 14.0. The van der Waals surface area contributed by atoms with Crippen molar-refractivity contribution in [1.29, 1.82) is 0 Å². The number of rotatable bonds is 7. The Kier molecular flexibility index (Phi) is 6.51. The van der Waals surface area contributed by atoms with E-state index in [-0.39, 0.29) is 11.6 Å². The van der Waals surface area contributed by atoms with E-state index in [4.69, 9.17) is 0 Å². The summed E-state index contributed by atoms with van der Waals surface area (Å²) in [6.07, 6.45) is 4.07. The maximum Gasteiger partial charge on any atom is 0.269 e. The summed E-state index contributed by atoms with van der Waals surface area (Å²) in [5, 5.41) is 15.8. The molecular formula is C22H21N3O3S. The smallest absolute Gasteiger partial charge is 0.269 e. The molecule has 1 aromatic heterocycles. The highest BCUT2D eigenvalue weighted by Crippen LogP contribution is 2.27. The third-order valence-corrected chi connectivity index (χ3v) is 5.41. The highest BCUT2D eigenvalue weighted by molar-refractivity contribution is 7.14. The minimum Gasteiger partial charge on any atom is -0.298 e. The minimum absolute atomic E-state index is 0.0131. The van der Waals surface area contributed by atoms with Gasteiger partial charge in [0.05, 0.1) is 10.6 Å². The monoisotopic (exact) mass is 407 g/mol. The number of nitro groups is 1.